The van der Waals surface area contributed by atoms with Crippen LogP contribution in [0.3, 0.4) is 0 Å². The lowest BCUT2D eigenvalue weighted by Crippen LogP contribution is -2.18. The number of nitrogens with zero attached hydrogens (tertiary/aromatic N) is 2. The molecule has 0 aliphatic heterocycles. The quantitative estimate of drug-likeness (QED) is 0.552. The molecule has 11 heteroatoms. The van der Waals surface area contributed by atoms with Gasteiger partial charge < -0.3 is 19.8 Å². The Hall–Kier alpha value is -2.92. The van der Waals surface area contributed by atoms with E-state index in [0.29, 0.717) is 28.7 Å². The summed E-state index contributed by atoms with van der Waals surface area (Å²) < 4.78 is 30.1. The maximum absolute atomic E-state index is 12.0. The molecular formula is C16H20N2O8S. The molecule has 27 heavy (non-hydrogen) atoms. The summed E-state index contributed by atoms with van der Waals surface area (Å²) >= 11 is 0. The van der Waals surface area contributed by atoms with E-state index in [9.17, 15) is 13.2 Å². The van der Waals surface area contributed by atoms with Gasteiger partial charge in [0.2, 0.25) is 10.0 Å². The van der Waals surface area contributed by atoms with Gasteiger partial charge in [-0.05, 0) is 38.4 Å². The van der Waals surface area contributed by atoms with Crippen LogP contribution in [0.4, 0.5) is 0 Å². The molecule has 1 aromatic carbocycles. The highest BCUT2D eigenvalue weighted by Crippen LogP contribution is 2.24. The van der Waals surface area contributed by atoms with Gasteiger partial charge in [0.15, 0.2) is 0 Å². The molecule has 0 atom stereocenters. The minimum absolute atomic E-state index is 0.395. The smallest absolute Gasteiger partial charge is 0.414 e. The standard InChI is InChI=1S/C14H18N2O4S.C2H2O4/c1-15(2)9-12-8-11-7-10(14(17)20-3)5-6-13(11)16(12)21(4,18)19;3-1(4)2(5)6/h5-8H,9H2,1-4H3;(H,3,4)(H,5,6). The number of rotatable bonds is 4. The number of methoxy groups -OCH3 is 1. The van der Waals surface area contributed by atoms with E-state index >= 15 is 0 Å². The normalized spacial score (nSPS) is 11.0. The SMILES string of the molecule is COC(=O)c1ccc2c(c1)cc(CN(C)C)n2S(C)(=O)=O.O=C(O)C(=O)O. The van der Waals surface area contributed by atoms with Gasteiger partial charge in [-0.2, -0.15) is 0 Å². The Labute approximate surface area is 155 Å². The summed E-state index contributed by atoms with van der Waals surface area (Å²) in [6.07, 6.45) is 1.17. The molecule has 0 fully saturated rings. The summed E-state index contributed by atoms with van der Waals surface area (Å²) in [4.78, 5) is 31.7. The van der Waals surface area contributed by atoms with Crippen molar-refractivity contribution in [2.45, 2.75) is 6.54 Å². The number of ether oxygens (including phenoxy) is 1. The van der Waals surface area contributed by atoms with Gasteiger partial charge in [-0.25, -0.2) is 26.8 Å². The van der Waals surface area contributed by atoms with Crippen molar-refractivity contribution < 1.29 is 37.8 Å². The second kappa shape index (κ2) is 8.64. The predicted octanol–water partition coefficient (Wildman–Crippen LogP) is 0.453. The van der Waals surface area contributed by atoms with Crippen molar-refractivity contribution >= 4 is 38.8 Å². The van der Waals surface area contributed by atoms with Crippen molar-refractivity contribution in [2.75, 3.05) is 27.5 Å². The van der Waals surface area contributed by atoms with Crippen LogP contribution in [-0.2, 0) is 30.9 Å². The zero-order valence-electron chi connectivity index (χ0n) is 15.2. The molecule has 0 aliphatic carbocycles. The molecule has 148 valence electrons. The first-order chi connectivity index (χ1) is 12.4. The summed E-state index contributed by atoms with van der Waals surface area (Å²) in [7, 11) is 1.61. The largest absolute Gasteiger partial charge is 0.473 e. The van der Waals surface area contributed by atoms with Crippen LogP contribution in [-0.4, -0.2) is 72.9 Å². The van der Waals surface area contributed by atoms with Gasteiger partial charge in [0.25, 0.3) is 0 Å². The van der Waals surface area contributed by atoms with E-state index < -0.39 is 27.9 Å². The summed E-state index contributed by atoms with van der Waals surface area (Å²) in [5, 5.41) is 15.5. The lowest BCUT2D eigenvalue weighted by molar-refractivity contribution is -0.159. The number of carboxylic acid groups (broad SMARTS) is 2. The third kappa shape index (κ3) is 5.79. The van der Waals surface area contributed by atoms with Crippen molar-refractivity contribution in [3.63, 3.8) is 0 Å². The van der Waals surface area contributed by atoms with Crippen LogP contribution < -0.4 is 0 Å². The van der Waals surface area contributed by atoms with E-state index in [-0.39, 0.29) is 0 Å². The van der Waals surface area contributed by atoms with Crippen molar-refractivity contribution in [1.29, 1.82) is 0 Å². The molecule has 0 radical (unpaired) electrons. The van der Waals surface area contributed by atoms with Gasteiger partial charge in [-0.3, -0.25) is 0 Å². The molecule has 0 spiro atoms. The van der Waals surface area contributed by atoms with Crippen LogP contribution >= 0.6 is 0 Å². The van der Waals surface area contributed by atoms with Gasteiger partial charge in [-0.15, -0.1) is 0 Å². The Bertz CT molecular complexity index is 964. The van der Waals surface area contributed by atoms with Crippen molar-refractivity contribution in [1.82, 2.24) is 8.87 Å². The van der Waals surface area contributed by atoms with Gasteiger partial charge in [-0.1, -0.05) is 0 Å². The number of hydrogen-bond donors (Lipinski definition) is 2. The summed E-state index contributed by atoms with van der Waals surface area (Å²) in [6.45, 7) is 0.481. The number of carbonyl (C=O) groups is 3. The summed E-state index contributed by atoms with van der Waals surface area (Å²) in [6, 6.07) is 6.61. The molecule has 1 aromatic heterocycles. The minimum Gasteiger partial charge on any atom is -0.473 e. The Morgan fingerprint density at radius 3 is 2.07 bits per heavy atom. The molecule has 2 aromatic rings. The number of fused-ring (bicyclic) bond motifs is 1. The highest BCUT2D eigenvalue weighted by atomic mass is 32.2. The van der Waals surface area contributed by atoms with Crippen LogP contribution in [0, 0.1) is 0 Å². The number of hydrogen-bond acceptors (Lipinski definition) is 7. The monoisotopic (exact) mass is 400 g/mol. The molecule has 0 bridgehead atoms. The number of carboxylic acids is 2. The Kier molecular flexibility index (Phi) is 7.08. The highest BCUT2D eigenvalue weighted by molar-refractivity contribution is 7.89. The topological polar surface area (TPSA) is 143 Å². The molecule has 0 unspecified atom stereocenters. The van der Waals surface area contributed by atoms with Crippen molar-refractivity contribution in [3.05, 3.63) is 35.5 Å². The molecule has 0 saturated carbocycles. The molecule has 0 aliphatic rings. The van der Waals surface area contributed by atoms with Crippen LogP contribution in [0.2, 0.25) is 0 Å². The van der Waals surface area contributed by atoms with E-state index in [1.807, 2.05) is 19.0 Å². The van der Waals surface area contributed by atoms with E-state index in [4.69, 9.17) is 19.8 Å². The maximum Gasteiger partial charge on any atom is 0.414 e. The molecule has 10 nitrogen and oxygen atoms in total. The van der Waals surface area contributed by atoms with Gasteiger partial charge in [0, 0.05) is 17.6 Å². The van der Waals surface area contributed by atoms with Gasteiger partial charge >= 0.3 is 17.9 Å². The number of carbonyl (C=O) groups excluding carboxylic acids is 1. The average molecular weight is 400 g/mol. The third-order valence-electron chi connectivity index (χ3n) is 3.24. The fourth-order valence-corrected chi connectivity index (χ4v) is 3.38. The first-order valence-electron chi connectivity index (χ1n) is 7.42. The second-order valence-corrected chi connectivity index (χ2v) is 7.61. The van der Waals surface area contributed by atoms with Crippen molar-refractivity contribution in [3.8, 4) is 0 Å². The van der Waals surface area contributed by atoms with Crippen molar-refractivity contribution in [2.24, 2.45) is 0 Å². The van der Waals surface area contributed by atoms with Crippen LogP contribution in [0.25, 0.3) is 10.9 Å². The first-order valence-corrected chi connectivity index (χ1v) is 9.27. The fraction of sp³-hybridized carbons (Fsp3) is 0.312. The Morgan fingerprint density at radius 1 is 1.11 bits per heavy atom. The molecular weight excluding hydrogens is 380 g/mol. The molecule has 0 saturated heterocycles. The summed E-state index contributed by atoms with van der Waals surface area (Å²) in [5.41, 5.74) is 1.61. The minimum atomic E-state index is -3.43. The van der Waals surface area contributed by atoms with E-state index in [1.54, 1.807) is 24.3 Å². The number of aliphatic carboxylic acids is 2. The molecule has 2 N–H and O–H groups in total. The average Bonchev–Trinajstić information content (AvgIpc) is 2.90. The zero-order valence-corrected chi connectivity index (χ0v) is 16.0. The maximum atomic E-state index is 12.0. The number of benzene rings is 1. The van der Waals surface area contributed by atoms with Crippen LogP contribution in [0.15, 0.2) is 24.3 Å². The first kappa shape index (κ1) is 22.1. The Balaban J connectivity index is 0.000000527. The van der Waals surface area contributed by atoms with E-state index in [0.717, 1.165) is 0 Å². The zero-order chi connectivity index (χ0) is 20.9. The number of esters is 1. The lowest BCUT2D eigenvalue weighted by atomic mass is 10.1. The van der Waals surface area contributed by atoms with Crippen LogP contribution in [0.5, 0.6) is 0 Å². The van der Waals surface area contributed by atoms with E-state index in [1.165, 1.54) is 17.3 Å². The third-order valence-corrected chi connectivity index (χ3v) is 4.34. The lowest BCUT2D eigenvalue weighted by Gasteiger charge is -2.12. The molecule has 1 heterocycles. The second-order valence-electron chi connectivity index (χ2n) is 5.78. The van der Waals surface area contributed by atoms with Gasteiger partial charge in [0.1, 0.15) is 0 Å². The molecule has 0 amide bonds. The highest BCUT2D eigenvalue weighted by Gasteiger charge is 2.18. The predicted molar refractivity (Wildman–Crippen MR) is 96.2 cm³/mol. The van der Waals surface area contributed by atoms with Crippen LogP contribution in [0.1, 0.15) is 16.1 Å². The Morgan fingerprint density at radius 2 is 1.67 bits per heavy atom. The fourth-order valence-electron chi connectivity index (χ4n) is 2.32. The van der Waals surface area contributed by atoms with Gasteiger partial charge in [0.05, 0.1) is 24.4 Å². The van der Waals surface area contributed by atoms with E-state index in [2.05, 4.69) is 4.74 Å². The molecule has 2 rings (SSSR count). The summed E-state index contributed by atoms with van der Waals surface area (Å²) in [5.74, 6) is -4.09. The number of aromatic nitrogens is 1.